The number of piperidine rings is 1. The third-order valence-electron chi connectivity index (χ3n) is 7.26. The molecule has 7 nitrogen and oxygen atoms in total. The standard InChI is InChI=1S/C28H33F3N6O/c1-18(38)32-27-34-23(19-7-4-3-5-8-19)16-24(35-27)26-15-21-22(33-20-11-13-36(2)14-12-20)9-6-10-25(21)37(26)17-28(29,30)31/h6-7,9-10,15-16,20,33H,3-5,8,11-14,17H2,1-2H3,(H,32,34,35,38). The summed E-state index contributed by atoms with van der Waals surface area (Å²) in [6.45, 7) is 2.15. The van der Waals surface area contributed by atoms with Gasteiger partial charge in [0.2, 0.25) is 11.9 Å². The number of benzene rings is 1. The Morgan fingerprint density at radius 2 is 1.87 bits per heavy atom. The summed E-state index contributed by atoms with van der Waals surface area (Å²) in [6.07, 6.45) is 3.47. The Hall–Kier alpha value is -3.40. The van der Waals surface area contributed by atoms with Gasteiger partial charge in [0.25, 0.3) is 0 Å². The van der Waals surface area contributed by atoms with E-state index in [0.29, 0.717) is 28.0 Å². The maximum atomic E-state index is 13.8. The number of aromatic nitrogens is 3. The number of nitrogens with one attached hydrogen (secondary N) is 2. The quantitative estimate of drug-likeness (QED) is 0.407. The summed E-state index contributed by atoms with van der Waals surface area (Å²) in [7, 11) is 2.09. The number of nitrogens with zero attached hydrogens (tertiary/aromatic N) is 4. The third kappa shape index (κ3) is 6.01. The second-order valence-electron chi connectivity index (χ2n) is 10.3. The molecule has 2 N–H and O–H groups in total. The van der Waals surface area contributed by atoms with Crippen LogP contribution < -0.4 is 10.6 Å². The summed E-state index contributed by atoms with van der Waals surface area (Å²) >= 11 is 0. The van der Waals surface area contributed by atoms with E-state index in [1.165, 1.54) is 11.5 Å². The van der Waals surface area contributed by atoms with Crippen LogP contribution in [0.1, 0.15) is 51.1 Å². The number of amides is 1. The molecule has 3 heterocycles. The van der Waals surface area contributed by atoms with E-state index in [1.807, 2.05) is 6.07 Å². The van der Waals surface area contributed by atoms with Crippen molar-refractivity contribution >= 4 is 34.0 Å². The van der Waals surface area contributed by atoms with Crippen LogP contribution in [-0.2, 0) is 11.3 Å². The topological polar surface area (TPSA) is 75.1 Å². The maximum Gasteiger partial charge on any atom is 0.406 e. The Morgan fingerprint density at radius 3 is 2.55 bits per heavy atom. The predicted octanol–water partition coefficient (Wildman–Crippen LogP) is 6.08. The molecule has 202 valence electrons. The Labute approximate surface area is 220 Å². The molecule has 1 saturated heterocycles. The molecule has 0 saturated carbocycles. The van der Waals surface area contributed by atoms with Crippen LogP contribution >= 0.6 is 0 Å². The van der Waals surface area contributed by atoms with E-state index in [1.54, 1.807) is 24.3 Å². The number of alkyl halides is 3. The van der Waals surface area contributed by atoms with Crippen LogP contribution in [0.4, 0.5) is 24.8 Å². The van der Waals surface area contributed by atoms with Crippen molar-refractivity contribution in [2.45, 2.75) is 64.2 Å². The number of hydrogen-bond donors (Lipinski definition) is 2. The summed E-state index contributed by atoms with van der Waals surface area (Å²) < 4.78 is 42.8. The summed E-state index contributed by atoms with van der Waals surface area (Å²) in [5, 5.41) is 6.92. The number of carbonyl (C=O) groups is 1. The number of halogens is 3. The van der Waals surface area contributed by atoms with Gasteiger partial charge in [0.1, 0.15) is 6.54 Å². The molecule has 0 unspecified atom stereocenters. The van der Waals surface area contributed by atoms with E-state index in [0.717, 1.165) is 62.9 Å². The molecular weight excluding hydrogens is 493 g/mol. The first-order valence-corrected chi connectivity index (χ1v) is 13.2. The van der Waals surface area contributed by atoms with Crippen molar-refractivity contribution in [3.8, 4) is 11.4 Å². The highest BCUT2D eigenvalue weighted by atomic mass is 19.4. The molecular formula is C28H33F3N6O. The number of anilines is 2. The average molecular weight is 527 g/mol. The molecule has 2 aromatic heterocycles. The first kappa shape index (κ1) is 26.2. The van der Waals surface area contributed by atoms with Crippen LogP contribution in [0.5, 0.6) is 0 Å². The van der Waals surface area contributed by atoms with Crippen molar-refractivity contribution in [3.63, 3.8) is 0 Å². The van der Waals surface area contributed by atoms with Crippen LogP contribution in [0.25, 0.3) is 27.9 Å². The van der Waals surface area contributed by atoms with Gasteiger partial charge in [-0.15, -0.1) is 0 Å². The number of allylic oxidation sites excluding steroid dienone is 2. The van der Waals surface area contributed by atoms with Crippen molar-refractivity contribution in [3.05, 3.63) is 42.1 Å². The van der Waals surface area contributed by atoms with E-state index < -0.39 is 12.7 Å². The molecule has 10 heteroatoms. The van der Waals surface area contributed by atoms with E-state index >= 15 is 0 Å². The SMILES string of the molecule is CC(=O)Nc1nc(C2=CCCCC2)cc(-c2cc3c(NC4CCN(C)CC4)cccc3n2CC(F)(F)F)n1. The first-order chi connectivity index (χ1) is 18.2. The van der Waals surface area contributed by atoms with Gasteiger partial charge in [-0.25, -0.2) is 9.97 Å². The van der Waals surface area contributed by atoms with Gasteiger partial charge in [0, 0.05) is 24.0 Å². The number of carbonyl (C=O) groups excluding carboxylic acids is 1. The predicted molar refractivity (Wildman–Crippen MR) is 144 cm³/mol. The van der Waals surface area contributed by atoms with Crippen molar-refractivity contribution < 1.29 is 18.0 Å². The molecule has 2 aliphatic rings. The Morgan fingerprint density at radius 1 is 1.11 bits per heavy atom. The van der Waals surface area contributed by atoms with E-state index in [2.05, 4.69) is 38.6 Å². The lowest BCUT2D eigenvalue weighted by Crippen LogP contribution is -2.36. The zero-order valence-electron chi connectivity index (χ0n) is 21.7. The highest BCUT2D eigenvalue weighted by Crippen LogP contribution is 2.36. The van der Waals surface area contributed by atoms with Crippen LogP contribution in [0.15, 0.2) is 36.4 Å². The second-order valence-corrected chi connectivity index (χ2v) is 10.3. The molecule has 0 atom stereocenters. The summed E-state index contributed by atoms with van der Waals surface area (Å²) in [5.74, 6) is -0.254. The number of hydrogen-bond acceptors (Lipinski definition) is 5. The molecule has 1 aliphatic carbocycles. The molecule has 1 aliphatic heterocycles. The third-order valence-corrected chi connectivity index (χ3v) is 7.26. The molecule has 0 spiro atoms. The number of likely N-dealkylation sites (tertiary alicyclic amines) is 1. The molecule has 0 radical (unpaired) electrons. The zero-order chi connectivity index (χ0) is 26.9. The molecule has 1 amide bonds. The van der Waals surface area contributed by atoms with Crippen LogP contribution in [0.3, 0.4) is 0 Å². The zero-order valence-corrected chi connectivity index (χ0v) is 21.7. The molecule has 38 heavy (non-hydrogen) atoms. The minimum Gasteiger partial charge on any atom is -0.382 e. The lowest BCUT2D eigenvalue weighted by atomic mass is 9.96. The first-order valence-electron chi connectivity index (χ1n) is 13.2. The van der Waals surface area contributed by atoms with Gasteiger partial charge in [-0.1, -0.05) is 12.1 Å². The fraction of sp³-hybridized carbons (Fsp3) is 0.464. The smallest absolute Gasteiger partial charge is 0.382 e. The van der Waals surface area contributed by atoms with Gasteiger partial charge < -0.3 is 14.8 Å². The minimum atomic E-state index is -4.43. The summed E-state index contributed by atoms with van der Waals surface area (Å²) in [4.78, 5) is 23.1. The highest BCUT2D eigenvalue weighted by Gasteiger charge is 2.31. The average Bonchev–Trinajstić information content (AvgIpc) is 3.23. The number of rotatable bonds is 6. The van der Waals surface area contributed by atoms with Crippen molar-refractivity contribution in [2.24, 2.45) is 0 Å². The van der Waals surface area contributed by atoms with Crippen molar-refractivity contribution in [1.29, 1.82) is 0 Å². The largest absolute Gasteiger partial charge is 0.406 e. The lowest BCUT2D eigenvalue weighted by Gasteiger charge is -2.30. The van der Waals surface area contributed by atoms with Gasteiger partial charge in [0.05, 0.1) is 22.6 Å². The van der Waals surface area contributed by atoms with Gasteiger partial charge in [-0.2, -0.15) is 13.2 Å². The van der Waals surface area contributed by atoms with E-state index in [9.17, 15) is 18.0 Å². The summed E-state index contributed by atoms with van der Waals surface area (Å²) in [5.41, 5.74) is 3.62. The lowest BCUT2D eigenvalue weighted by molar-refractivity contribution is -0.139. The molecule has 1 fully saturated rings. The van der Waals surface area contributed by atoms with Gasteiger partial charge in [-0.05, 0) is 88.5 Å². The summed E-state index contributed by atoms with van der Waals surface area (Å²) in [6, 6.07) is 9.19. The normalized spacial score (nSPS) is 17.4. The van der Waals surface area contributed by atoms with E-state index in [-0.39, 0.29) is 17.9 Å². The minimum absolute atomic E-state index is 0.0879. The molecule has 3 aromatic rings. The van der Waals surface area contributed by atoms with Gasteiger partial charge in [0.15, 0.2) is 0 Å². The fourth-order valence-electron chi connectivity index (χ4n) is 5.37. The van der Waals surface area contributed by atoms with Crippen LogP contribution in [0.2, 0.25) is 0 Å². The van der Waals surface area contributed by atoms with Crippen LogP contribution in [0, 0.1) is 0 Å². The number of fused-ring (bicyclic) bond motifs is 1. The Bertz CT molecular complexity index is 1350. The molecule has 5 rings (SSSR count). The highest BCUT2D eigenvalue weighted by molar-refractivity contribution is 5.96. The molecule has 0 bridgehead atoms. The van der Waals surface area contributed by atoms with Crippen molar-refractivity contribution in [1.82, 2.24) is 19.4 Å². The second kappa shape index (κ2) is 10.8. The fourth-order valence-corrected chi connectivity index (χ4v) is 5.37. The monoisotopic (exact) mass is 526 g/mol. The molecule has 1 aromatic carbocycles. The van der Waals surface area contributed by atoms with Gasteiger partial charge in [-0.3, -0.25) is 10.1 Å². The Kier molecular flexibility index (Phi) is 7.43. The Balaban J connectivity index is 1.63. The van der Waals surface area contributed by atoms with Crippen LogP contribution in [-0.4, -0.2) is 57.7 Å². The van der Waals surface area contributed by atoms with Crippen molar-refractivity contribution in [2.75, 3.05) is 30.8 Å². The maximum absolute atomic E-state index is 13.8. The van der Waals surface area contributed by atoms with E-state index in [4.69, 9.17) is 0 Å². The van der Waals surface area contributed by atoms with Gasteiger partial charge >= 0.3 is 6.18 Å².